The van der Waals surface area contributed by atoms with E-state index < -0.39 is 0 Å². The molecule has 7 nitrogen and oxygen atoms in total. The SMILES string of the molecule is Cc1ccc(-c2nc3ccc(-n4cccn4)nc3n2-c2ccc3c(c2)CCC3)c(N)n1. The van der Waals surface area contributed by atoms with Crippen molar-refractivity contribution in [1.29, 1.82) is 0 Å². The number of nitrogen functional groups attached to an aromatic ring is 1. The monoisotopic (exact) mass is 407 g/mol. The second-order valence-electron chi connectivity index (χ2n) is 7.93. The Bertz CT molecular complexity index is 1430. The zero-order valence-electron chi connectivity index (χ0n) is 17.2. The third kappa shape index (κ3) is 2.89. The maximum absolute atomic E-state index is 6.32. The first-order valence-electron chi connectivity index (χ1n) is 10.4. The maximum atomic E-state index is 6.32. The summed E-state index contributed by atoms with van der Waals surface area (Å²) in [5, 5.41) is 4.33. The lowest BCUT2D eigenvalue weighted by molar-refractivity contribution is 0.849. The Labute approximate surface area is 179 Å². The van der Waals surface area contributed by atoms with Crippen molar-refractivity contribution in [3.05, 3.63) is 77.7 Å². The van der Waals surface area contributed by atoms with Gasteiger partial charge in [0, 0.05) is 23.8 Å². The van der Waals surface area contributed by atoms with Crippen LogP contribution in [0.4, 0.5) is 5.82 Å². The Morgan fingerprint density at radius 1 is 0.935 bits per heavy atom. The number of nitrogens with zero attached hydrogens (tertiary/aromatic N) is 6. The summed E-state index contributed by atoms with van der Waals surface area (Å²) >= 11 is 0. The van der Waals surface area contributed by atoms with Crippen LogP contribution in [-0.2, 0) is 12.8 Å². The lowest BCUT2D eigenvalue weighted by atomic mass is 10.1. The van der Waals surface area contributed by atoms with Gasteiger partial charge in [-0.2, -0.15) is 5.10 Å². The lowest BCUT2D eigenvalue weighted by Gasteiger charge is -2.12. The number of pyridine rings is 2. The van der Waals surface area contributed by atoms with E-state index in [1.807, 2.05) is 43.5 Å². The second-order valence-corrected chi connectivity index (χ2v) is 7.93. The molecule has 0 unspecified atom stereocenters. The van der Waals surface area contributed by atoms with Crippen molar-refractivity contribution in [1.82, 2.24) is 29.3 Å². The first-order chi connectivity index (χ1) is 15.2. The topological polar surface area (TPSA) is 87.4 Å². The number of anilines is 1. The summed E-state index contributed by atoms with van der Waals surface area (Å²) < 4.78 is 3.84. The van der Waals surface area contributed by atoms with Crippen LogP contribution in [0, 0.1) is 6.92 Å². The number of benzene rings is 1. The third-order valence-electron chi connectivity index (χ3n) is 5.87. The molecule has 1 aromatic carbocycles. The molecule has 0 spiro atoms. The Hall–Kier alpha value is -4.00. The fraction of sp³-hybridized carbons (Fsp3) is 0.167. The molecule has 0 radical (unpaired) electrons. The Morgan fingerprint density at radius 2 is 1.84 bits per heavy atom. The van der Waals surface area contributed by atoms with E-state index >= 15 is 0 Å². The summed E-state index contributed by atoms with van der Waals surface area (Å²) in [6.07, 6.45) is 7.07. The van der Waals surface area contributed by atoms with E-state index in [0.717, 1.165) is 52.6 Å². The van der Waals surface area contributed by atoms with E-state index in [0.29, 0.717) is 5.82 Å². The predicted octanol–water partition coefficient (Wildman–Crippen LogP) is 4.05. The van der Waals surface area contributed by atoms with Gasteiger partial charge in [-0.3, -0.25) is 4.57 Å². The van der Waals surface area contributed by atoms with Gasteiger partial charge in [-0.15, -0.1) is 0 Å². The highest BCUT2D eigenvalue weighted by Crippen LogP contribution is 2.33. The van der Waals surface area contributed by atoms with Crippen molar-refractivity contribution in [2.75, 3.05) is 5.73 Å². The number of rotatable bonds is 3. The zero-order chi connectivity index (χ0) is 20.9. The first-order valence-corrected chi connectivity index (χ1v) is 10.4. The van der Waals surface area contributed by atoms with E-state index in [1.165, 1.54) is 17.5 Å². The predicted molar refractivity (Wildman–Crippen MR) is 120 cm³/mol. The molecule has 2 N–H and O–H groups in total. The molecule has 5 aromatic rings. The van der Waals surface area contributed by atoms with E-state index in [9.17, 15) is 0 Å². The Morgan fingerprint density at radius 3 is 2.68 bits per heavy atom. The average Bonchev–Trinajstić information content (AvgIpc) is 3.51. The van der Waals surface area contributed by atoms with Crippen molar-refractivity contribution in [2.24, 2.45) is 0 Å². The molecule has 0 fully saturated rings. The fourth-order valence-electron chi connectivity index (χ4n) is 4.37. The lowest BCUT2D eigenvalue weighted by Crippen LogP contribution is -2.04. The van der Waals surface area contributed by atoms with Crippen LogP contribution in [0.2, 0.25) is 0 Å². The molecule has 0 amide bonds. The average molecular weight is 407 g/mol. The summed E-state index contributed by atoms with van der Waals surface area (Å²) in [5.74, 6) is 1.94. The molecule has 0 atom stereocenters. The molecule has 0 saturated heterocycles. The van der Waals surface area contributed by atoms with Crippen molar-refractivity contribution in [3.63, 3.8) is 0 Å². The van der Waals surface area contributed by atoms with Gasteiger partial charge < -0.3 is 5.73 Å². The highest BCUT2D eigenvalue weighted by atomic mass is 15.3. The number of fused-ring (bicyclic) bond motifs is 2. The first kappa shape index (κ1) is 17.8. The number of aromatic nitrogens is 6. The summed E-state index contributed by atoms with van der Waals surface area (Å²) in [4.78, 5) is 14.3. The van der Waals surface area contributed by atoms with Crippen LogP contribution in [-0.4, -0.2) is 29.3 Å². The van der Waals surface area contributed by atoms with Gasteiger partial charge in [0.2, 0.25) is 0 Å². The van der Waals surface area contributed by atoms with E-state index in [2.05, 4.69) is 32.8 Å². The van der Waals surface area contributed by atoms with Gasteiger partial charge in [0.25, 0.3) is 0 Å². The van der Waals surface area contributed by atoms with Gasteiger partial charge in [-0.25, -0.2) is 19.6 Å². The van der Waals surface area contributed by atoms with Gasteiger partial charge in [0.15, 0.2) is 17.3 Å². The van der Waals surface area contributed by atoms with Crippen LogP contribution in [0.3, 0.4) is 0 Å². The molecule has 1 aliphatic carbocycles. The zero-order valence-corrected chi connectivity index (χ0v) is 17.2. The van der Waals surface area contributed by atoms with Crippen molar-refractivity contribution in [3.8, 4) is 22.9 Å². The number of nitrogens with two attached hydrogens (primary N) is 1. The smallest absolute Gasteiger partial charge is 0.167 e. The van der Waals surface area contributed by atoms with Gasteiger partial charge in [-0.1, -0.05) is 6.07 Å². The standard InChI is InChI=1S/C24H21N7/c1-15-6-9-19(22(25)27-15)23-28-20-10-11-21(30-13-3-12-26-30)29-24(20)31(23)18-8-7-16-4-2-5-17(16)14-18/h3,6-14H,2,4-5H2,1H3,(H2,25,27). The van der Waals surface area contributed by atoms with Gasteiger partial charge in [-0.05, 0) is 79.8 Å². The summed E-state index contributed by atoms with van der Waals surface area (Å²) in [5.41, 5.74) is 13.4. The minimum absolute atomic E-state index is 0.463. The molecule has 7 heteroatoms. The highest BCUT2D eigenvalue weighted by molar-refractivity contribution is 5.83. The highest BCUT2D eigenvalue weighted by Gasteiger charge is 2.20. The molecular weight excluding hydrogens is 386 g/mol. The molecule has 6 rings (SSSR count). The van der Waals surface area contributed by atoms with Gasteiger partial charge >= 0.3 is 0 Å². The molecule has 0 saturated carbocycles. The number of imidazole rings is 1. The van der Waals surface area contributed by atoms with E-state index in [1.54, 1.807) is 10.9 Å². The number of aryl methyl sites for hydroxylation is 3. The second kappa shape index (κ2) is 6.77. The van der Waals surface area contributed by atoms with Crippen molar-refractivity contribution >= 4 is 17.0 Å². The largest absolute Gasteiger partial charge is 0.383 e. The van der Waals surface area contributed by atoms with Crippen LogP contribution >= 0.6 is 0 Å². The molecule has 4 aromatic heterocycles. The van der Waals surface area contributed by atoms with E-state index in [4.69, 9.17) is 15.7 Å². The summed E-state index contributed by atoms with van der Waals surface area (Å²) in [7, 11) is 0. The fourth-order valence-corrected chi connectivity index (χ4v) is 4.37. The van der Waals surface area contributed by atoms with Crippen LogP contribution in [0.1, 0.15) is 23.2 Å². The van der Waals surface area contributed by atoms with Gasteiger partial charge in [0.05, 0.1) is 5.56 Å². The van der Waals surface area contributed by atoms with Crippen LogP contribution in [0.5, 0.6) is 0 Å². The third-order valence-corrected chi connectivity index (χ3v) is 5.87. The Kier molecular flexibility index (Phi) is 3.89. The maximum Gasteiger partial charge on any atom is 0.167 e. The molecule has 1 aliphatic rings. The Balaban J connectivity index is 1.64. The van der Waals surface area contributed by atoms with E-state index in [-0.39, 0.29) is 0 Å². The molecule has 152 valence electrons. The van der Waals surface area contributed by atoms with Crippen LogP contribution in [0.25, 0.3) is 34.1 Å². The van der Waals surface area contributed by atoms with Crippen LogP contribution < -0.4 is 5.73 Å². The molecule has 0 aliphatic heterocycles. The quantitative estimate of drug-likeness (QED) is 0.488. The minimum Gasteiger partial charge on any atom is -0.383 e. The molecule has 0 bridgehead atoms. The molecule has 31 heavy (non-hydrogen) atoms. The summed E-state index contributed by atoms with van der Waals surface area (Å²) in [6, 6.07) is 16.4. The van der Waals surface area contributed by atoms with Crippen molar-refractivity contribution < 1.29 is 0 Å². The van der Waals surface area contributed by atoms with Crippen LogP contribution in [0.15, 0.2) is 60.9 Å². The number of hydrogen-bond donors (Lipinski definition) is 1. The number of hydrogen-bond acceptors (Lipinski definition) is 5. The minimum atomic E-state index is 0.463. The summed E-state index contributed by atoms with van der Waals surface area (Å²) in [6.45, 7) is 1.93. The molecule has 4 heterocycles. The van der Waals surface area contributed by atoms with Crippen molar-refractivity contribution in [2.45, 2.75) is 26.2 Å². The normalized spacial score (nSPS) is 13.1. The molecular formula is C24H21N7. The van der Waals surface area contributed by atoms with Gasteiger partial charge in [0.1, 0.15) is 11.3 Å².